The van der Waals surface area contributed by atoms with Gasteiger partial charge in [0.2, 0.25) is 30.0 Å². The summed E-state index contributed by atoms with van der Waals surface area (Å²) in [7, 11) is 4.89. The number of likely N-dealkylation sites (tertiary alicyclic amines) is 1. The van der Waals surface area contributed by atoms with Crippen molar-refractivity contribution >= 4 is 90.3 Å². The molecule has 4 aliphatic rings. The first-order valence-corrected chi connectivity index (χ1v) is 31.6. The van der Waals surface area contributed by atoms with Crippen LogP contribution in [0.1, 0.15) is 146 Å². The van der Waals surface area contributed by atoms with E-state index in [1.807, 2.05) is 71.1 Å². The molecule has 2 saturated heterocycles. The first-order valence-electron chi connectivity index (χ1n) is 31.1. The quantitative estimate of drug-likeness (QED) is 0.00812. The van der Waals surface area contributed by atoms with E-state index < -0.39 is 47.1 Å². The second kappa shape index (κ2) is 40.3. The Hall–Kier alpha value is -8.65. The van der Waals surface area contributed by atoms with E-state index in [9.17, 15) is 43.5 Å². The molecule has 1 saturated carbocycles. The largest absolute Gasteiger partial charge is 0.493 e. The number of imide groups is 1. The van der Waals surface area contributed by atoms with E-state index in [0.29, 0.717) is 113 Å². The van der Waals surface area contributed by atoms with Crippen LogP contribution in [0.25, 0.3) is 0 Å². The number of unbranched alkanes of at least 4 members (excludes halogenated alkanes) is 4. The number of hydrogen-bond donors (Lipinski definition) is 8. The second-order valence-corrected chi connectivity index (χ2v) is 22.6. The van der Waals surface area contributed by atoms with Crippen LogP contribution in [0.15, 0.2) is 77.8 Å². The Balaban J connectivity index is 0.000000525. The number of aldehydes is 1. The van der Waals surface area contributed by atoms with Crippen LogP contribution >= 0.6 is 12.6 Å². The van der Waals surface area contributed by atoms with Crippen molar-refractivity contribution in [3.63, 3.8) is 0 Å². The maximum Gasteiger partial charge on any atom is 0.416 e. The van der Waals surface area contributed by atoms with E-state index in [0.717, 1.165) is 52.1 Å². The number of amides is 9. The lowest BCUT2D eigenvalue weighted by Crippen LogP contribution is -2.52. The number of nitrogens with two attached hydrogens (primary N) is 2. The number of aliphatic hydroxyl groups is 1. The SMILES string of the molecule is C=C1CC2C(O)N(C(=O)OCc3ccc(NC)cc3)c3cc(OCCCCCOc4cc(N=CC5(NC=O)CC(=C)C5)c(C)cc4OC)c(OC)cc3C(=O)N2C1.CC.CCC.CCCC(C=O)NC(=O)CNC(=O)CCCCCN1C(=O)CC(S)C1=O.NC(N)=O. The topological polar surface area (TPSA) is 342 Å². The number of hydrogen-bond acceptors (Lipinski definition) is 18. The Morgan fingerprint density at radius 2 is 1.46 bits per heavy atom. The third-order valence-corrected chi connectivity index (χ3v) is 14.9. The maximum absolute atomic E-state index is 13.9. The number of nitrogens with one attached hydrogen (secondary N) is 4. The van der Waals surface area contributed by atoms with Crippen molar-refractivity contribution in [2.24, 2.45) is 16.5 Å². The van der Waals surface area contributed by atoms with Gasteiger partial charge in [0.25, 0.3) is 5.91 Å². The second-order valence-electron chi connectivity index (χ2n) is 22.0. The Labute approximate surface area is 546 Å². The predicted molar refractivity (Wildman–Crippen MR) is 357 cm³/mol. The Morgan fingerprint density at radius 3 is 2.01 bits per heavy atom. The molecular formula is C66H96N10O15S. The molecular weight excluding hydrogens is 1200 g/mol. The smallest absolute Gasteiger partial charge is 0.416 e. The van der Waals surface area contributed by atoms with Crippen LogP contribution in [0.5, 0.6) is 23.0 Å². The monoisotopic (exact) mass is 1300 g/mol. The van der Waals surface area contributed by atoms with Gasteiger partial charge < -0.3 is 71.2 Å². The standard InChI is InChI=1S/C43H51N5O9.C17H27N3O5S.C3H8.C2H6.CH4N2O/c1-27-16-35-41(51)48(42(52)57-24-30-10-12-31(44-4)13-11-30)34-20-39(37(54-6)18-32(34)40(50)47(35)23-27)56-15-9-7-8-14-55-38-19-33(29(3)17-36(38)53-5)45-25-43(46-26-49)21-28(2)22-43;1-2-6-12(11-21)19-15(23)10-18-14(22)7-4-3-5-8-20-16(24)9-13(26)17(20)25;1-3-2;1-2;2-1(3)4/h10-13,17-20,25-26,35,41,44,51H,1-2,7-9,14-16,21-24H2,3-6H3,(H,46,49);11-13,26H,2-10H2,1H3,(H,18,22)(H,19,23);3H2,1-2H3;1-2H3;(H4,2,3,4). The lowest BCUT2D eigenvalue weighted by molar-refractivity contribution is -0.138. The number of ether oxygens (including phenoxy) is 5. The number of aliphatic hydroxyl groups excluding tert-OH is 1. The number of fused-ring (bicyclic) bond motifs is 2. The summed E-state index contributed by atoms with van der Waals surface area (Å²) in [4.78, 5) is 114. The third kappa shape index (κ3) is 23.9. The van der Waals surface area contributed by atoms with Crippen LogP contribution in [0, 0.1) is 6.92 Å². The van der Waals surface area contributed by atoms with Gasteiger partial charge in [-0.1, -0.05) is 90.3 Å². The average molecular weight is 1300 g/mol. The van der Waals surface area contributed by atoms with Crippen LogP contribution in [-0.2, 0) is 40.1 Å². The van der Waals surface area contributed by atoms with Crippen LogP contribution in [0.4, 0.5) is 26.7 Å². The molecule has 0 spiro atoms. The molecule has 3 heterocycles. The molecule has 0 aromatic heterocycles. The summed E-state index contributed by atoms with van der Waals surface area (Å²) in [6.45, 7) is 21.3. The highest BCUT2D eigenvalue weighted by Gasteiger charge is 2.46. The molecule has 3 aromatic rings. The fraction of sp³-hybridized carbons (Fsp3) is 0.515. The number of primary amides is 2. The van der Waals surface area contributed by atoms with Gasteiger partial charge in [0.1, 0.15) is 12.9 Å². The van der Waals surface area contributed by atoms with Gasteiger partial charge in [0, 0.05) is 57.0 Å². The fourth-order valence-electron chi connectivity index (χ4n) is 10.00. The van der Waals surface area contributed by atoms with Gasteiger partial charge in [-0.25, -0.2) is 14.5 Å². The Morgan fingerprint density at radius 1 is 0.848 bits per heavy atom. The van der Waals surface area contributed by atoms with Gasteiger partial charge >= 0.3 is 12.1 Å². The van der Waals surface area contributed by atoms with E-state index in [2.05, 4.69) is 77.4 Å². The minimum atomic E-state index is -1.40. The van der Waals surface area contributed by atoms with E-state index in [-0.39, 0.29) is 67.4 Å². The zero-order valence-corrected chi connectivity index (χ0v) is 55.7. The number of thiol groups is 1. The minimum Gasteiger partial charge on any atom is -0.493 e. The highest BCUT2D eigenvalue weighted by Crippen LogP contribution is 2.43. The molecule has 25 nitrogen and oxygen atoms in total. The molecule has 3 aromatic carbocycles. The highest BCUT2D eigenvalue weighted by molar-refractivity contribution is 7.81. The van der Waals surface area contributed by atoms with E-state index in [1.54, 1.807) is 25.5 Å². The van der Waals surface area contributed by atoms with Crippen molar-refractivity contribution in [2.45, 2.75) is 167 Å². The molecule has 4 atom stereocenters. The number of methoxy groups -OCH3 is 2. The third-order valence-electron chi connectivity index (χ3n) is 14.5. The lowest BCUT2D eigenvalue weighted by Gasteiger charge is -2.39. The molecule has 1 aliphatic carbocycles. The molecule has 4 unspecified atom stereocenters. The fourth-order valence-corrected chi connectivity index (χ4v) is 10.3. The number of rotatable bonds is 29. The molecule has 26 heteroatoms. The molecule has 0 radical (unpaired) electrons. The van der Waals surface area contributed by atoms with Crippen LogP contribution in [0.2, 0.25) is 0 Å². The van der Waals surface area contributed by atoms with Gasteiger partial charge in [-0.05, 0) is 100 Å². The highest BCUT2D eigenvalue weighted by atomic mass is 32.1. The summed E-state index contributed by atoms with van der Waals surface area (Å²) < 4.78 is 29.2. The molecule has 92 heavy (non-hydrogen) atoms. The van der Waals surface area contributed by atoms with Gasteiger partial charge in [0.05, 0.1) is 73.8 Å². The number of urea groups is 1. The first kappa shape index (κ1) is 77.6. The van der Waals surface area contributed by atoms with Crippen molar-refractivity contribution in [1.82, 2.24) is 25.8 Å². The summed E-state index contributed by atoms with van der Waals surface area (Å²) in [5.74, 6) is 0.337. The van der Waals surface area contributed by atoms with Crippen LogP contribution in [0.3, 0.4) is 0 Å². The summed E-state index contributed by atoms with van der Waals surface area (Å²) in [5, 5.41) is 22.1. The van der Waals surface area contributed by atoms with Crippen molar-refractivity contribution < 1.29 is 71.9 Å². The minimum absolute atomic E-state index is 0.0386. The summed E-state index contributed by atoms with van der Waals surface area (Å²) in [5.41, 5.74) is 13.4. The molecule has 506 valence electrons. The van der Waals surface area contributed by atoms with Crippen molar-refractivity contribution in [3.05, 3.63) is 89.5 Å². The number of carbonyl (C=O) groups is 9. The van der Waals surface area contributed by atoms with Gasteiger partial charge in [-0.2, -0.15) is 12.6 Å². The maximum atomic E-state index is 13.9. The molecule has 9 amide bonds. The molecule has 9 N–H and O–H groups in total. The van der Waals surface area contributed by atoms with E-state index >= 15 is 0 Å². The number of aryl methyl sites for hydroxylation is 1. The van der Waals surface area contributed by atoms with Gasteiger partial charge in [-0.15, -0.1) is 0 Å². The average Bonchev–Trinajstić information content (AvgIpc) is 1.55. The van der Waals surface area contributed by atoms with Crippen molar-refractivity contribution in [2.75, 3.05) is 64.3 Å². The lowest BCUT2D eigenvalue weighted by atomic mass is 9.74. The first-order chi connectivity index (χ1) is 44.0. The zero-order chi connectivity index (χ0) is 68.5. The van der Waals surface area contributed by atoms with Crippen molar-refractivity contribution in [1.29, 1.82) is 0 Å². The number of aliphatic imine (C=N–C) groups is 1. The van der Waals surface area contributed by atoms with Crippen LogP contribution < -0.4 is 56.6 Å². The molecule has 3 fully saturated rings. The normalized spacial score (nSPS) is 16.9. The van der Waals surface area contributed by atoms with Crippen molar-refractivity contribution in [3.8, 4) is 23.0 Å². The summed E-state index contributed by atoms with van der Waals surface area (Å²) >= 11 is 4.06. The summed E-state index contributed by atoms with van der Waals surface area (Å²) in [6.07, 6.45) is 9.65. The predicted octanol–water partition coefficient (Wildman–Crippen LogP) is 8.14. The Bertz CT molecular complexity index is 3000. The summed E-state index contributed by atoms with van der Waals surface area (Å²) in [6, 6.07) is 12.2. The number of carbonyl (C=O) groups excluding carboxylic acids is 9. The van der Waals surface area contributed by atoms with Gasteiger partial charge in [-0.3, -0.25) is 38.7 Å². The number of anilines is 2. The van der Waals surface area contributed by atoms with E-state index in [1.165, 1.54) is 23.3 Å². The molecule has 3 aliphatic heterocycles. The number of nitrogens with zero attached hydrogens (tertiary/aromatic N) is 4. The van der Waals surface area contributed by atoms with Gasteiger partial charge in [0.15, 0.2) is 29.2 Å². The number of benzene rings is 3. The molecule has 0 bridgehead atoms. The zero-order valence-electron chi connectivity index (χ0n) is 54.8. The van der Waals surface area contributed by atoms with E-state index in [4.69, 9.17) is 28.5 Å². The van der Waals surface area contributed by atoms with Crippen LogP contribution in [-0.4, -0.2) is 159 Å². The molecule has 7 rings (SSSR count). The Kier molecular flexibility index (Phi) is 34.0.